The fourth-order valence-electron chi connectivity index (χ4n) is 2.44. The predicted octanol–water partition coefficient (Wildman–Crippen LogP) is 4.12. The molecule has 0 aliphatic carbocycles. The third-order valence-electron chi connectivity index (χ3n) is 4.01. The van der Waals surface area contributed by atoms with Gasteiger partial charge in [-0.15, -0.1) is 0 Å². The van der Waals surface area contributed by atoms with Gasteiger partial charge >= 0.3 is 0 Å². The van der Waals surface area contributed by atoms with E-state index in [4.69, 9.17) is 4.42 Å². The highest BCUT2D eigenvalue weighted by Crippen LogP contribution is 2.23. The monoisotopic (exact) mass is 300 g/mol. The van der Waals surface area contributed by atoms with Crippen LogP contribution in [0.4, 0.5) is 0 Å². The van der Waals surface area contributed by atoms with E-state index in [1.807, 2.05) is 13.0 Å². The van der Waals surface area contributed by atoms with Crippen molar-refractivity contribution < 1.29 is 9.52 Å². The molecule has 0 aliphatic rings. The van der Waals surface area contributed by atoms with Gasteiger partial charge in [-0.2, -0.15) is 0 Å². The minimum Gasteiger partial charge on any atom is -0.472 e. The molecule has 3 heteroatoms. The van der Waals surface area contributed by atoms with E-state index in [0.717, 1.165) is 11.6 Å². The fraction of sp³-hybridized carbons (Fsp3) is 0.333. The molecular formula is C18H24O2Si. The van der Waals surface area contributed by atoms with Gasteiger partial charge in [0, 0.05) is 11.5 Å². The van der Waals surface area contributed by atoms with Crippen LogP contribution < -0.4 is 5.19 Å². The van der Waals surface area contributed by atoms with Crippen LogP contribution in [0.1, 0.15) is 18.6 Å². The van der Waals surface area contributed by atoms with Crippen LogP contribution >= 0.6 is 0 Å². The van der Waals surface area contributed by atoms with E-state index in [1.165, 1.54) is 5.19 Å². The zero-order valence-corrected chi connectivity index (χ0v) is 14.0. The zero-order valence-electron chi connectivity index (χ0n) is 13.0. The van der Waals surface area contributed by atoms with Gasteiger partial charge in [0.05, 0.1) is 26.7 Å². The van der Waals surface area contributed by atoms with Crippen LogP contribution in [0.15, 0.2) is 65.5 Å². The van der Waals surface area contributed by atoms with Crippen LogP contribution in [0, 0.1) is 5.92 Å². The van der Waals surface area contributed by atoms with Crippen molar-refractivity contribution in [2.75, 3.05) is 0 Å². The van der Waals surface area contributed by atoms with Gasteiger partial charge in [-0.05, 0) is 12.1 Å². The first-order chi connectivity index (χ1) is 10.0. The molecule has 0 saturated carbocycles. The van der Waals surface area contributed by atoms with E-state index in [9.17, 15) is 5.11 Å². The van der Waals surface area contributed by atoms with Crippen molar-refractivity contribution >= 4 is 13.3 Å². The van der Waals surface area contributed by atoms with Gasteiger partial charge < -0.3 is 9.52 Å². The Morgan fingerprint density at radius 1 is 1.19 bits per heavy atom. The van der Waals surface area contributed by atoms with Crippen molar-refractivity contribution in [1.29, 1.82) is 0 Å². The molecule has 21 heavy (non-hydrogen) atoms. The Morgan fingerprint density at radius 3 is 2.52 bits per heavy atom. The largest absolute Gasteiger partial charge is 0.472 e. The zero-order chi connectivity index (χ0) is 15.3. The lowest BCUT2D eigenvalue weighted by Crippen LogP contribution is -2.40. The molecule has 0 fully saturated rings. The number of aliphatic hydroxyl groups excluding tert-OH is 1. The highest BCUT2D eigenvalue weighted by molar-refractivity contribution is 6.90. The standard InChI is InChI=1S/C18H24O2Si/c1-15(18(19)16-11-12-20-14-16)8-7-13-21(2,3)17-9-5-4-6-10-17/h4-12,14-15,18-19H,13H2,1-3H3/b8-7+. The summed E-state index contributed by atoms with van der Waals surface area (Å²) in [6.07, 6.45) is 7.06. The van der Waals surface area contributed by atoms with E-state index in [2.05, 4.69) is 55.6 Å². The van der Waals surface area contributed by atoms with Gasteiger partial charge in [0.1, 0.15) is 0 Å². The minimum absolute atomic E-state index is 0.0863. The number of furan rings is 1. The summed E-state index contributed by atoms with van der Waals surface area (Å²) in [6.45, 7) is 6.79. The summed E-state index contributed by atoms with van der Waals surface area (Å²) in [7, 11) is -1.43. The molecule has 1 aromatic carbocycles. The van der Waals surface area contributed by atoms with Gasteiger partial charge in [-0.3, -0.25) is 0 Å². The Kier molecular flexibility index (Phi) is 5.20. The Morgan fingerprint density at radius 2 is 1.90 bits per heavy atom. The van der Waals surface area contributed by atoms with Crippen LogP contribution in [0.5, 0.6) is 0 Å². The van der Waals surface area contributed by atoms with Crippen molar-refractivity contribution in [3.8, 4) is 0 Å². The van der Waals surface area contributed by atoms with Crippen molar-refractivity contribution in [1.82, 2.24) is 0 Å². The lowest BCUT2D eigenvalue weighted by atomic mass is 9.99. The number of benzene rings is 1. The van der Waals surface area contributed by atoms with Crippen molar-refractivity contribution in [2.45, 2.75) is 32.2 Å². The highest BCUT2D eigenvalue weighted by Gasteiger charge is 2.21. The van der Waals surface area contributed by atoms with Gasteiger partial charge in [0.15, 0.2) is 0 Å². The number of rotatable bonds is 6. The molecule has 0 bridgehead atoms. The molecule has 0 aliphatic heterocycles. The van der Waals surface area contributed by atoms with Gasteiger partial charge in [-0.25, -0.2) is 0 Å². The minimum atomic E-state index is -1.43. The van der Waals surface area contributed by atoms with Crippen molar-refractivity contribution in [3.05, 3.63) is 66.6 Å². The maximum atomic E-state index is 10.2. The smallest absolute Gasteiger partial charge is 0.0960 e. The van der Waals surface area contributed by atoms with E-state index < -0.39 is 14.2 Å². The lowest BCUT2D eigenvalue weighted by molar-refractivity contribution is 0.139. The Hall–Kier alpha value is -1.58. The lowest BCUT2D eigenvalue weighted by Gasteiger charge is -2.21. The average Bonchev–Trinajstić information content (AvgIpc) is 3.01. The molecule has 1 aromatic heterocycles. The molecule has 1 N–H and O–H groups in total. The van der Waals surface area contributed by atoms with Crippen LogP contribution in [0.25, 0.3) is 0 Å². The van der Waals surface area contributed by atoms with E-state index in [1.54, 1.807) is 12.5 Å². The SMILES string of the molecule is CC(/C=C/C[Si](C)(C)c1ccccc1)C(O)c1ccoc1. The third kappa shape index (κ3) is 4.19. The summed E-state index contributed by atoms with van der Waals surface area (Å²) in [4.78, 5) is 0. The molecule has 2 rings (SSSR count). The molecule has 112 valence electrons. The van der Waals surface area contributed by atoms with Crippen LogP contribution in [0.2, 0.25) is 19.1 Å². The molecule has 2 unspecified atom stereocenters. The van der Waals surface area contributed by atoms with Crippen molar-refractivity contribution in [3.63, 3.8) is 0 Å². The Bertz CT molecular complexity index is 558. The molecule has 0 amide bonds. The van der Waals surface area contributed by atoms with Crippen molar-refractivity contribution in [2.24, 2.45) is 5.92 Å². The van der Waals surface area contributed by atoms with Gasteiger partial charge in [0.2, 0.25) is 0 Å². The second-order valence-electron chi connectivity index (χ2n) is 6.24. The normalized spacial score (nSPS) is 15.2. The first-order valence-corrected chi connectivity index (χ1v) is 10.6. The van der Waals surface area contributed by atoms with Crippen LogP contribution in [0.3, 0.4) is 0 Å². The number of hydrogen-bond acceptors (Lipinski definition) is 2. The predicted molar refractivity (Wildman–Crippen MR) is 90.3 cm³/mol. The maximum Gasteiger partial charge on any atom is 0.0960 e. The first kappa shape index (κ1) is 15.8. The molecule has 0 spiro atoms. The molecular weight excluding hydrogens is 276 g/mol. The van der Waals surface area contributed by atoms with E-state index in [-0.39, 0.29) is 5.92 Å². The summed E-state index contributed by atoms with van der Waals surface area (Å²) < 4.78 is 5.03. The Balaban J connectivity index is 1.95. The number of aliphatic hydroxyl groups is 1. The molecule has 0 radical (unpaired) electrons. The van der Waals surface area contributed by atoms with Gasteiger partial charge in [-0.1, -0.05) is 67.7 Å². The first-order valence-electron chi connectivity index (χ1n) is 7.43. The topological polar surface area (TPSA) is 33.4 Å². The molecule has 2 atom stereocenters. The van der Waals surface area contributed by atoms with Crippen LogP contribution in [-0.2, 0) is 0 Å². The summed E-state index contributed by atoms with van der Waals surface area (Å²) >= 11 is 0. The number of hydrogen-bond donors (Lipinski definition) is 1. The van der Waals surface area contributed by atoms with E-state index >= 15 is 0 Å². The molecule has 2 nitrogen and oxygen atoms in total. The summed E-state index contributed by atoms with van der Waals surface area (Å²) in [5, 5.41) is 11.7. The highest BCUT2D eigenvalue weighted by atomic mass is 28.3. The summed E-state index contributed by atoms with van der Waals surface area (Å²) in [5.41, 5.74) is 0.840. The Labute approximate surface area is 128 Å². The quantitative estimate of drug-likeness (QED) is 0.643. The molecule has 0 saturated heterocycles. The molecule has 2 aromatic rings. The summed E-state index contributed by atoms with van der Waals surface area (Å²) in [6, 6.07) is 13.6. The molecule has 1 heterocycles. The van der Waals surface area contributed by atoms with E-state index in [0.29, 0.717) is 0 Å². The fourth-order valence-corrected chi connectivity index (χ4v) is 4.49. The second kappa shape index (κ2) is 6.92. The maximum absolute atomic E-state index is 10.2. The average molecular weight is 300 g/mol. The van der Waals surface area contributed by atoms with Gasteiger partial charge in [0.25, 0.3) is 0 Å². The summed E-state index contributed by atoms with van der Waals surface area (Å²) in [5.74, 6) is 0.0863. The number of allylic oxidation sites excluding steroid dienone is 1. The van der Waals surface area contributed by atoms with Crippen LogP contribution in [-0.4, -0.2) is 13.2 Å². The third-order valence-corrected chi connectivity index (χ3v) is 7.16. The second-order valence-corrected chi connectivity index (χ2v) is 11.0.